The predicted octanol–water partition coefficient (Wildman–Crippen LogP) is 5.38. The number of nitrogens with zero attached hydrogens (tertiary/aromatic N) is 1. The summed E-state index contributed by atoms with van der Waals surface area (Å²) >= 11 is 0. The largest absolute Gasteiger partial charge is 0.445 e. The molecule has 0 aliphatic rings. The number of amides is 2. The SMILES string of the molecule is O=C(NCc1ccccc1-c1cccc(C(=O)NCc2ccc(F)cc2F)n1)OCc1ccccc1. The Morgan fingerprint density at radius 1 is 0.778 bits per heavy atom. The van der Waals surface area contributed by atoms with E-state index in [1.165, 1.54) is 6.07 Å². The summed E-state index contributed by atoms with van der Waals surface area (Å²) in [4.78, 5) is 29.2. The number of aromatic nitrogens is 1. The molecule has 0 spiro atoms. The zero-order chi connectivity index (χ0) is 25.3. The van der Waals surface area contributed by atoms with E-state index in [9.17, 15) is 18.4 Å². The van der Waals surface area contributed by atoms with E-state index in [-0.39, 0.29) is 31.0 Å². The van der Waals surface area contributed by atoms with E-state index in [1.807, 2.05) is 54.6 Å². The third kappa shape index (κ3) is 6.50. The molecule has 3 aromatic carbocycles. The average Bonchev–Trinajstić information content (AvgIpc) is 2.91. The molecule has 2 N–H and O–H groups in total. The van der Waals surface area contributed by atoms with Crippen molar-refractivity contribution in [1.29, 1.82) is 0 Å². The lowest BCUT2D eigenvalue weighted by Crippen LogP contribution is -2.25. The molecule has 0 saturated carbocycles. The Labute approximate surface area is 207 Å². The Kier molecular flexibility index (Phi) is 7.97. The molecule has 6 nitrogen and oxygen atoms in total. The Morgan fingerprint density at radius 3 is 2.33 bits per heavy atom. The number of carbonyl (C=O) groups is 2. The second-order valence-corrected chi connectivity index (χ2v) is 7.90. The van der Waals surface area contributed by atoms with Gasteiger partial charge in [0, 0.05) is 30.3 Å². The summed E-state index contributed by atoms with van der Waals surface area (Å²) in [5.74, 6) is -1.92. The summed E-state index contributed by atoms with van der Waals surface area (Å²) in [6.07, 6.45) is -0.553. The second-order valence-electron chi connectivity index (χ2n) is 7.90. The van der Waals surface area contributed by atoms with Crippen molar-refractivity contribution in [2.24, 2.45) is 0 Å². The molecule has 0 unspecified atom stereocenters. The van der Waals surface area contributed by atoms with Gasteiger partial charge in [-0.05, 0) is 29.3 Å². The summed E-state index contributed by atoms with van der Waals surface area (Å²) in [5, 5.41) is 5.33. The van der Waals surface area contributed by atoms with Gasteiger partial charge >= 0.3 is 6.09 Å². The molecule has 4 aromatic rings. The first kappa shape index (κ1) is 24.5. The van der Waals surface area contributed by atoms with E-state index in [2.05, 4.69) is 15.6 Å². The Hall–Kier alpha value is -4.59. The first-order valence-corrected chi connectivity index (χ1v) is 11.2. The van der Waals surface area contributed by atoms with Gasteiger partial charge in [0.25, 0.3) is 5.91 Å². The molecule has 0 radical (unpaired) electrons. The molecule has 0 aliphatic heterocycles. The van der Waals surface area contributed by atoms with Crippen LogP contribution < -0.4 is 10.6 Å². The van der Waals surface area contributed by atoms with Crippen molar-refractivity contribution in [3.05, 3.63) is 125 Å². The van der Waals surface area contributed by atoms with Crippen LogP contribution in [0.5, 0.6) is 0 Å². The minimum Gasteiger partial charge on any atom is -0.445 e. The average molecular weight is 488 g/mol. The number of pyridine rings is 1. The second kappa shape index (κ2) is 11.7. The number of hydrogen-bond acceptors (Lipinski definition) is 4. The summed E-state index contributed by atoms with van der Waals surface area (Å²) in [7, 11) is 0. The van der Waals surface area contributed by atoms with Crippen LogP contribution in [0.25, 0.3) is 11.3 Å². The number of nitrogens with one attached hydrogen (secondary N) is 2. The molecular formula is C28H23F2N3O3. The van der Waals surface area contributed by atoms with E-state index in [1.54, 1.807) is 18.2 Å². The fourth-order valence-corrected chi connectivity index (χ4v) is 3.51. The zero-order valence-electron chi connectivity index (χ0n) is 19.2. The van der Waals surface area contributed by atoms with Crippen molar-refractivity contribution in [2.75, 3.05) is 0 Å². The maximum atomic E-state index is 13.9. The van der Waals surface area contributed by atoms with Gasteiger partial charge in [0.1, 0.15) is 23.9 Å². The highest BCUT2D eigenvalue weighted by Gasteiger charge is 2.13. The van der Waals surface area contributed by atoms with Gasteiger partial charge < -0.3 is 15.4 Å². The predicted molar refractivity (Wildman–Crippen MR) is 131 cm³/mol. The molecular weight excluding hydrogens is 464 g/mol. The number of alkyl carbamates (subject to hydrolysis) is 1. The van der Waals surface area contributed by atoms with Crippen LogP contribution in [0, 0.1) is 11.6 Å². The minimum atomic E-state index is -0.735. The van der Waals surface area contributed by atoms with Crippen molar-refractivity contribution in [3.63, 3.8) is 0 Å². The number of halogens is 2. The van der Waals surface area contributed by atoms with E-state index in [0.29, 0.717) is 5.69 Å². The monoisotopic (exact) mass is 487 g/mol. The fourth-order valence-electron chi connectivity index (χ4n) is 3.51. The van der Waals surface area contributed by atoms with Crippen molar-refractivity contribution >= 4 is 12.0 Å². The Bertz CT molecular complexity index is 1360. The van der Waals surface area contributed by atoms with Crippen molar-refractivity contribution < 1.29 is 23.1 Å². The summed E-state index contributed by atoms with van der Waals surface area (Å²) < 4.78 is 32.2. The molecule has 1 heterocycles. The van der Waals surface area contributed by atoms with Gasteiger partial charge in [-0.1, -0.05) is 66.7 Å². The number of rotatable bonds is 8. The van der Waals surface area contributed by atoms with Crippen LogP contribution in [-0.2, 0) is 24.4 Å². The third-order valence-electron chi connectivity index (χ3n) is 5.37. The molecule has 0 saturated heterocycles. The first-order valence-electron chi connectivity index (χ1n) is 11.2. The van der Waals surface area contributed by atoms with Crippen LogP contribution in [0.1, 0.15) is 27.2 Å². The van der Waals surface area contributed by atoms with Crippen molar-refractivity contribution in [1.82, 2.24) is 15.6 Å². The van der Waals surface area contributed by atoms with Crippen LogP contribution in [0.15, 0.2) is 91.0 Å². The third-order valence-corrected chi connectivity index (χ3v) is 5.37. The highest BCUT2D eigenvalue weighted by molar-refractivity contribution is 5.92. The molecule has 182 valence electrons. The van der Waals surface area contributed by atoms with E-state index in [4.69, 9.17) is 4.74 Å². The number of ether oxygens (including phenoxy) is 1. The lowest BCUT2D eigenvalue weighted by molar-refractivity contribution is 0.0945. The normalized spacial score (nSPS) is 10.5. The molecule has 8 heteroatoms. The summed E-state index contributed by atoms with van der Waals surface area (Å²) in [6.45, 7) is 0.253. The van der Waals surface area contributed by atoms with Gasteiger partial charge in [-0.3, -0.25) is 4.79 Å². The molecule has 4 rings (SSSR count). The van der Waals surface area contributed by atoms with Gasteiger partial charge in [-0.25, -0.2) is 18.6 Å². The first-order chi connectivity index (χ1) is 17.5. The lowest BCUT2D eigenvalue weighted by Gasteiger charge is -2.12. The Morgan fingerprint density at radius 2 is 1.53 bits per heavy atom. The lowest BCUT2D eigenvalue weighted by atomic mass is 10.0. The number of carbonyl (C=O) groups excluding carboxylic acids is 2. The fraction of sp³-hybridized carbons (Fsp3) is 0.107. The van der Waals surface area contributed by atoms with Crippen LogP contribution in [0.4, 0.5) is 13.6 Å². The van der Waals surface area contributed by atoms with Gasteiger partial charge in [-0.15, -0.1) is 0 Å². The quantitative estimate of drug-likeness (QED) is 0.350. The molecule has 1 aromatic heterocycles. The minimum absolute atomic E-state index is 0.109. The maximum absolute atomic E-state index is 13.9. The van der Waals surface area contributed by atoms with Gasteiger partial charge in [0.15, 0.2) is 0 Å². The highest BCUT2D eigenvalue weighted by atomic mass is 19.1. The van der Waals surface area contributed by atoms with Gasteiger partial charge in [0.05, 0.1) is 5.69 Å². The van der Waals surface area contributed by atoms with E-state index < -0.39 is 23.6 Å². The van der Waals surface area contributed by atoms with Gasteiger partial charge in [0.2, 0.25) is 0 Å². The standard InChI is InChI=1S/C28H23F2N3O3/c29-22-14-13-21(24(30)15-22)17-31-27(34)26-12-6-11-25(33-26)23-10-5-4-9-20(23)16-32-28(35)36-18-19-7-2-1-3-8-19/h1-15H,16-18H2,(H,31,34)(H,32,35). The Balaban J connectivity index is 1.40. The topological polar surface area (TPSA) is 80.3 Å². The molecule has 0 atom stereocenters. The van der Waals surface area contributed by atoms with Crippen LogP contribution in [0.3, 0.4) is 0 Å². The van der Waals surface area contributed by atoms with Crippen LogP contribution in [0.2, 0.25) is 0 Å². The number of benzene rings is 3. The van der Waals surface area contributed by atoms with Gasteiger partial charge in [-0.2, -0.15) is 0 Å². The number of hydrogen-bond donors (Lipinski definition) is 2. The molecule has 0 fully saturated rings. The zero-order valence-corrected chi connectivity index (χ0v) is 19.2. The van der Waals surface area contributed by atoms with Crippen molar-refractivity contribution in [3.8, 4) is 11.3 Å². The highest BCUT2D eigenvalue weighted by Crippen LogP contribution is 2.22. The summed E-state index contributed by atoms with van der Waals surface area (Å²) in [6, 6.07) is 24.9. The molecule has 0 bridgehead atoms. The van der Waals surface area contributed by atoms with E-state index >= 15 is 0 Å². The molecule has 0 aliphatic carbocycles. The molecule has 36 heavy (non-hydrogen) atoms. The van der Waals surface area contributed by atoms with Crippen molar-refractivity contribution in [2.45, 2.75) is 19.7 Å². The summed E-state index contributed by atoms with van der Waals surface area (Å²) in [5.41, 5.74) is 3.24. The smallest absolute Gasteiger partial charge is 0.407 e. The maximum Gasteiger partial charge on any atom is 0.407 e. The van der Waals surface area contributed by atoms with E-state index in [0.717, 1.165) is 28.8 Å². The van der Waals surface area contributed by atoms with Crippen LogP contribution >= 0.6 is 0 Å². The van der Waals surface area contributed by atoms with Crippen LogP contribution in [-0.4, -0.2) is 17.0 Å². The molecule has 2 amide bonds.